The molecular weight excluding hydrogens is 350 g/mol. The van der Waals surface area contributed by atoms with Crippen LogP contribution in [0.1, 0.15) is 54.8 Å². The molecule has 0 N–H and O–H groups in total. The maximum absolute atomic E-state index is 12.8. The molecule has 2 aliphatic rings. The zero-order valence-corrected chi connectivity index (χ0v) is 17.3. The normalized spacial score (nSPS) is 22.0. The van der Waals surface area contributed by atoms with Crippen LogP contribution in [0.4, 0.5) is 0 Å². The number of hydrogen-bond acceptors (Lipinski definition) is 3. The third-order valence-corrected chi connectivity index (χ3v) is 7.23. The SMILES string of the molecule is Cc1c(CN2C[C@@H](c3ccccc3)C3(CCCCC3)C2)c(=O)n(C)c(=O)n1C. The van der Waals surface area contributed by atoms with Crippen molar-refractivity contribution in [3.63, 3.8) is 0 Å². The lowest BCUT2D eigenvalue weighted by atomic mass is 9.66. The van der Waals surface area contributed by atoms with Gasteiger partial charge in [-0.15, -0.1) is 0 Å². The minimum absolute atomic E-state index is 0.151. The average molecular weight is 382 g/mol. The topological polar surface area (TPSA) is 47.2 Å². The van der Waals surface area contributed by atoms with Crippen LogP contribution in [0.3, 0.4) is 0 Å². The van der Waals surface area contributed by atoms with Crippen molar-refractivity contribution in [1.29, 1.82) is 0 Å². The molecule has 2 fully saturated rings. The lowest BCUT2D eigenvalue weighted by molar-refractivity contribution is 0.168. The number of nitrogens with zero attached hydrogens (tertiary/aromatic N) is 3. The van der Waals surface area contributed by atoms with E-state index in [1.165, 1.54) is 42.2 Å². The molecule has 1 aliphatic carbocycles. The summed E-state index contributed by atoms with van der Waals surface area (Å²) in [5.74, 6) is 0.519. The van der Waals surface area contributed by atoms with Gasteiger partial charge in [0.15, 0.2) is 0 Å². The number of aromatic nitrogens is 2. The van der Waals surface area contributed by atoms with E-state index in [1.54, 1.807) is 18.7 Å². The van der Waals surface area contributed by atoms with Crippen LogP contribution >= 0.6 is 0 Å². The van der Waals surface area contributed by atoms with Gasteiger partial charge in [-0.1, -0.05) is 49.6 Å². The first-order valence-corrected chi connectivity index (χ1v) is 10.5. The molecule has 1 aromatic heterocycles. The molecule has 5 heteroatoms. The predicted octanol–water partition coefficient (Wildman–Crippen LogP) is 2.94. The van der Waals surface area contributed by atoms with Gasteiger partial charge in [-0.05, 0) is 30.7 Å². The Labute approximate surface area is 166 Å². The summed E-state index contributed by atoms with van der Waals surface area (Å²) in [5.41, 5.74) is 2.88. The largest absolute Gasteiger partial charge is 0.330 e. The fraction of sp³-hybridized carbons (Fsp3) is 0.565. The van der Waals surface area contributed by atoms with Crippen molar-refractivity contribution in [2.45, 2.75) is 51.5 Å². The molecule has 1 aromatic carbocycles. The summed E-state index contributed by atoms with van der Waals surface area (Å²) < 4.78 is 2.83. The quantitative estimate of drug-likeness (QED) is 0.821. The highest BCUT2D eigenvalue weighted by molar-refractivity contribution is 5.26. The number of benzene rings is 1. The summed E-state index contributed by atoms with van der Waals surface area (Å²) in [6, 6.07) is 10.9. The van der Waals surface area contributed by atoms with Crippen molar-refractivity contribution < 1.29 is 0 Å². The van der Waals surface area contributed by atoms with Crippen molar-refractivity contribution in [3.8, 4) is 0 Å². The van der Waals surface area contributed by atoms with Gasteiger partial charge in [0.25, 0.3) is 5.56 Å². The molecule has 1 atom stereocenters. The van der Waals surface area contributed by atoms with E-state index < -0.39 is 0 Å². The van der Waals surface area contributed by atoms with Crippen LogP contribution in [0.5, 0.6) is 0 Å². The van der Waals surface area contributed by atoms with Crippen LogP contribution < -0.4 is 11.2 Å². The third-order valence-electron chi connectivity index (χ3n) is 7.23. The predicted molar refractivity (Wildman–Crippen MR) is 112 cm³/mol. The molecular formula is C23H31N3O2. The Kier molecular flexibility index (Phi) is 5.04. The lowest BCUT2D eigenvalue weighted by Crippen LogP contribution is -2.42. The molecule has 0 radical (unpaired) electrons. The maximum atomic E-state index is 12.8. The van der Waals surface area contributed by atoms with Gasteiger partial charge in [0, 0.05) is 45.3 Å². The van der Waals surface area contributed by atoms with Gasteiger partial charge in [-0.3, -0.25) is 14.3 Å². The van der Waals surface area contributed by atoms with Crippen molar-refractivity contribution in [1.82, 2.24) is 14.0 Å². The highest BCUT2D eigenvalue weighted by atomic mass is 16.2. The molecule has 0 unspecified atom stereocenters. The van der Waals surface area contributed by atoms with Gasteiger partial charge in [0.1, 0.15) is 0 Å². The Morgan fingerprint density at radius 1 is 1.00 bits per heavy atom. The first-order valence-electron chi connectivity index (χ1n) is 10.5. The van der Waals surface area contributed by atoms with Gasteiger partial charge in [0.2, 0.25) is 0 Å². The molecule has 2 aromatic rings. The van der Waals surface area contributed by atoms with Gasteiger partial charge < -0.3 is 4.57 Å². The number of hydrogen-bond donors (Lipinski definition) is 0. The van der Waals surface area contributed by atoms with E-state index in [2.05, 4.69) is 35.2 Å². The standard InChI is InChI=1S/C23H31N3O2/c1-17-19(21(27)25(3)22(28)24(17)2)14-26-15-20(18-10-6-4-7-11-18)23(16-26)12-8-5-9-13-23/h4,6-7,10-11,20H,5,8-9,12-16H2,1-3H3/t20-/m0/s1. The second-order valence-corrected chi connectivity index (χ2v) is 8.83. The van der Waals surface area contributed by atoms with E-state index in [1.807, 2.05) is 6.92 Å². The van der Waals surface area contributed by atoms with E-state index in [4.69, 9.17) is 0 Å². The summed E-state index contributed by atoms with van der Waals surface area (Å²) in [5, 5.41) is 0. The first kappa shape index (κ1) is 19.2. The zero-order chi connectivity index (χ0) is 19.9. The van der Waals surface area contributed by atoms with Crippen molar-refractivity contribution in [2.24, 2.45) is 19.5 Å². The zero-order valence-electron chi connectivity index (χ0n) is 17.3. The van der Waals surface area contributed by atoms with Gasteiger partial charge >= 0.3 is 5.69 Å². The van der Waals surface area contributed by atoms with Crippen molar-refractivity contribution >= 4 is 0 Å². The summed E-state index contributed by atoms with van der Waals surface area (Å²) in [7, 11) is 3.33. The summed E-state index contributed by atoms with van der Waals surface area (Å²) >= 11 is 0. The minimum atomic E-state index is -0.251. The highest BCUT2D eigenvalue weighted by Gasteiger charge is 2.47. The number of likely N-dealkylation sites (tertiary alicyclic amines) is 1. The van der Waals surface area contributed by atoms with Crippen molar-refractivity contribution in [3.05, 3.63) is 68.0 Å². The Morgan fingerprint density at radius 2 is 1.68 bits per heavy atom. The van der Waals surface area contributed by atoms with Gasteiger partial charge in [-0.25, -0.2) is 4.79 Å². The summed E-state index contributed by atoms with van der Waals surface area (Å²) in [4.78, 5) is 27.4. The number of rotatable bonds is 3. The highest BCUT2D eigenvalue weighted by Crippen LogP contribution is 2.52. The van der Waals surface area contributed by atoms with E-state index >= 15 is 0 Å². The Balaban J connectivity index is 1.68. The fourth-order valence-electron chi connectivity index (χ4n) is 5.52. The van der Waals surface area contributed by atoms with Crippen LogP contribution in [0.15, 0.2) is 39.9 Å². The van der Waals surface area contributed by atoms with Crippen LogP contribution in [-0.4, -0.2) is 27.1 Å². The van der Waals surface area contributed by atoms with Crippen molar-refractivity contribution in [2.75, 3.05) is 13.1 Å². The summed E-state index contributed by atoms with van der Waals surface area (Å²) in [6.07, 6.45) is 6.49. The smallest absolute Gasteiger partial charge is 0.301 e. The van der Waals surface area contributed by atoms with E-state index in [-0.39, 0.29) is 11.2 Å². The molecule has 2 heterocycles. The second-order valence-electron chi connectivity index (χ2n) is 8.83. The van der Waals surface area contributed by atoms with Crippen LogP contribution in [0, 0.1) is 12.3 Å². The molecule has 150 valence electrons. The molecule has 4 rings (SSSR count). The molecule has 1 saturated carbocycles. The van der Waals surface area contributed by atoms with Crippen LogP contribution in [-0.2, 0) is 20.6 Å². The van der Waals surface area contributed by atoms with E-state index in [0.717, 1.165) is 24.3 Å². The average Bonchev–Trinajstić information content (AvgIpc) is 3.06. The molecule has 28 heavy (non-hydrogen) atoms. The van der Waals surface area contributed by atoms with Crippen LogP contribution in [0.25, 0.3) is 0 Å². The second kappa shape index (κ2) is 7.36. The van der Waals surface area contributed by atoms with E-state index in [9.17, 15) is 9.59 Å². The first-order chi connectivity index (χ1) is 13.4. The molecule has 1 spiro atoms. The Morgan fingerprint density at radius 3 is 2.36 bits per heavy atom. The Hall–Kier alpha value is -2.14. The molecule has 1 aliphatic heterocycles. The third kappa shape index (κ3) is 3.16. The maximum Gasteiger partial charge on any atom is 0.330 e. The monoisotopic (exact) mass is 381 g/mol. The lowest BCUT2D eigenvalue weighted by Gasteiger charge is -2.38. The van der Waals surface area contributed by atoms with Crippen LogP contribution in [0.2, 0.25) is 0 Å². The van der Waals surface area contributed by atoms with Gasteiger partial charge in [-0.2, -0.15) is 0 Å². The minimum Gasteiger partial charge on any atom is -0.301 e. The molecule has 0 bridgehead atoms. The van der Waals surface area contributed by atoms with Gasteiger partial charge in [0.05, 0.1) is 5.56 Å². The molecule has 1 saturated heterocycles. The van der Waals surface area contributed by atoms with E-state index in [0.29, 0.717) is 17.9 Å². The molecule has 0 amide bonds. The molecule has 5 nitrogen and oxygen atoms in total. The summed E-state index contributed by atoms with van der Waals surface area (Å²) in [6.45, 7) is 4.53. The Bertz CT molecular complexity index is 968. The fourth-order valence-corrected chi connectivity index (χ4v) is 5.52.